The van der Waals surface area contributed by atoms with E-state index < -0.39 is 0 Å². The number of carbonyl (C=O) groups excluding carboxylic acids is 1. The van der Waals surface area contributed by atoms with Gasteiger partial charge in [0.25, 0.3) is 0 Å². The van der Waals surface area contributed by atoms with Crippen molar-refractivity contribution in [1.29, 1.82) is 0 Å². The smallest absolute Gasteiger partial charge is 0.171 e. The third-order valence-electron chi connectivity index (χ3n) is 4.27. The zero-order valence-corrected chi connectivity index (χ0v) is 14.6. The largest absolute Gasteiger partial charge is 0.303 e. The molecule has 1 fully saturated rings. The maximum Gasteiger partial charge on any atom is 0.171 e. The lowest BCUT2D eigenvalue weighted by atomic mass is 9.89. The van der Waals surface area contributed by atoms with Crippen LogP contribution in [0.2, 0.25) is 0 Å². The van der Waals surface area contributed by atoms with Crippen LogP contribution in [0.5, 0.6) is 0 Å². The first-order valence-corrected chi connectivity index (χ1v) is 9.57. The van der Waals surface area contributed by atoms with E-state index in [-0.39, 0.29) is 39.8 Å². The highest BCUT2D eigenvalue weighted by Gasteiger charge is 2.25. The lowest BCUT2D eigenvalue weighted by molar-refractivity contribution is 0.0839. The van der Waals surface area contributed by atoms with Gasteiger partial charge in [-0.15, -0.1) is 0 Å². The van der Waals surface area contributed by atoms with Gasteiger partial charge in [0, 0.05) is 11.5 Å². The van der Waals surface area contributed by atoms with Crippen molar-refractivity contribution >= 4 is 22.7 Å². The van der Waals surface area contributed by atoms with Crippen LogP contribution in [0.1, 0.15) is 36.0 Å². The first-order chi connectivity index (χ1) is 11.1. The van der Waals surface area contributed by atoms with Gasteiger partial charge in [0.15, 0.2) is 22.7 Å². The molecule has 0 spiro atoms. The Labute approximate surface area is 138 Å². The Kier molecular flexibility index (Phi) is 7.42. The Hall–Kier alpha value is -1.02. The molecule has 0 aliphatic carbocycles. The maximum absolute atomic E-state index is 12.9. The molecule has 23 heavy (non-hydrogen) atoms. The average molecular weight is 355 g/mol. The number of benzene rings is 1. The second kappa shape index (κ2) is 9.32. The highest BCUT2D eigenvalue weighted by atomic mass is 31.1. The summed E-state index contributed by atoms with van der Waals surface area (Å²) in [4.78, 5) is 14.7. The van der Waals surface area contributed by atoms with E-state index in [2.05, 4.69) is 4.90 Å². The summed E-state index contributed by atoms with van der Waals surface area (Å²) >= 11 is 0. The Morgan fingerprint density at radius 3 is 2.35 bits per heavy atom. The summed E-state index contributed by atoms with van der Waals surface area (Å²) in [7, 11) is -0.127. The predicted molar refractivity (Wildman–Crippen MR) is 88.1 cm³/mol. The molecule has 2 rings (SSSR count). The zero-order chi connectivity index (χ0) is 16.7. The lowest BCUT2D eigenvalue weighted by Gasteiger charge is -2.31. The molecular weight excluding hydrogens is 335 g/mol. The molecule has 0 radical (unpaired) electrons. The van der Waals surface area contributed by atoms with Gasteiger partial charge >= 0.3 is 0 Å². The number of piperidine rings is 1. The number of ketones is 1. The molecule has 0 atom stereocenters. The minimum atomic E-state index is -0.329. The first-order valence-electron chi connectivity index (χ1n) is 7.81. The highest BCUT2D eigenvalue weighted by molar-refractivity contribution is 7.44. The number of hydrogen-bond acceptors (Lipinski definition) is 4. The Morgan fingerprint density at radius 2 is 1.78 bits per heavy atom. The number of nitrogens with zero attached hydrogens (tertiary/aromatic N) is 1. The maximum atomic E-state index is 12.9. The standard InChI is InChI=1S/C16H20FNO3P2/c17-14-5-3-12(4-6-14)16(19)13-7-10-18(11-8-13)9-1-2-15(22-20)23-21/h3-6,13,15H,1-2,7-11H2. The number of hydrogen-bond donors (Lipinski definition) is 0. The molecule has 0 aromatic heterocycles. The molecule has 0 unspecified atom stereocenters. The monoisotopic (exact) mass is 355 g/mol. The minimum Gasteiger partial charge on any atom is -0.303 e. The van der Waals surface area contributed by atoms with Crippen LogP contribution >= 0.6 is 16.9 Å². The van der Waals surface area contributed by atoms with E-state index in [1.165, 1.54) is 12.1 Å². The fourth-order valence-electron chi connectivity index (χ4n) is 2.89. The SMILES string of the molecule is O=PC(CCCN1CCC(C(=O)c2ccc(F)cc2)CC1)P=O. The van der Waals surface area contributed by atoms with Gasteiger partial charge < -0.3 is 4.90 Å². The molecule has 0 amide bonds. The van der Waals surface area contributed by atoms with Crippen molar-refractivity contribution in [3.63, 3.8) is 0 Å². The molecule has 0 bridgehead atoms. The zero-order valence-electron chi connectivity index (χ0n) is 12.9. The summed E-state index contributed by atoms with van der Waals surface area (Å²) in [5.41, 5.74) is 0.580. The lowest BCUT2D eigenvalue weighted by Crippen LogP contribution is -2.37. The van der Waals surface area contributed by atoms with Crippen LogP contribution in [0.3, 0.4) is 0 Å². The summed E-state index contributed by atoms with van der Waals surface area (Å²) in [6, 6.07) is 5.75. The van der Waals surface area contributed by atoms with Gasteiger partial charge in [-0.2, -0.15) is 0 Å². The van der Waals surface area contributed by atoms with E-state index in [9.17, 15) is 18.3 Å². The van der Waals surface area contributed by atoms with Crippen molar-refractivity contribution in [2.24, 2.45) is 5.92 Å². The van der Waals surface area contributed by atoms with Crippen LogP contribution in [0.25, 0.3) is 0 Å². The van der Waals surface area contributed by atoms with E-state index in [1.807, 2.05) is 0 Å². The molecule has 0 saturated carbocycles. The van der Waals surface area contributed by atoms with E-state index in [1.54, 1.807) is 12.1 Å². The summed E-state index contributed by atoms with van der Waals surface area (Å²) in [6.07, 6.45) is 3.13. The number of carbonyl (C=O) groups is 1. The van der Waals surface area contributed by atoms with E-state index >= 15 is 0 Å². The Bertz CT molecular complexity index is 537. The Balaban J connectivity index is 1.75. The summed E-state index contributed by atoms with van der Waals surface area (Å²) in [6.45, 7) is 2.58. The molecule has 1 aromatic rings. The van der Waals surface area contributed by atoms with Gasteiger partial charge in [0.2, 0.25) is 0 Å². The van der Waals surface area contributed by atoms with E-state index in [0.29, 0.717) is 12.0 Å². The van der Waals surface area contributed by atoms with Crippen LogP contribution in [-0.2, 0) is 9.13 Å². The van der Waals surface area contributed by atoms with Crippen LogP contribution in [0.15, 0.2) is 24.3 Å². The molecular formula is C16H20FNO3P2. The second-order valence-electron chi connectivity index (χ2n) is 5.82. The Morgan fingerprint density at radius 1 is 1.17 bits per heavy atom. The summed E-state index contributed by atoms with van der Waals surface area (Å²) < 4.78 is 34.3. The fourth-order valence-corrected chi connectivity index (χ4v) is 3.62. The van der Waals surface area contributed by atoms with Gasteiger partial charge in [-0.1, -0.05) is 0 Å². The number of rotatable bonds is 8. The van der Waals surface area contributed by atoms with Crippen molar-refractivity contribution in [3.05, 3.63) is 35.6 Å². The van der Waals surface area contributed by atoms with E-state index in [0.717, 1.165) is 38.9 Å². The molecule has 1 aliphatic rings. The number of Topliss-reactive ketones (excluding diaryl/α,β-unsaturated/α-hetero) is 1. The van der Waals surface area contributed by atoms with Gasteiger partial charge in [-0.05, 0) is 69.6 Å². The number of likely N-dealkylation sites (tertiary alicyclic amines) is 1. The molecule has 1 saturated heterocycles. The van der Waals surface area contributed by atoms with Crippen molar-refractivity contribution in [2.75, 3.05) is 19.6 Å². The quantitative estimate of drug-likeness (QED) is 0.512. The average Bonchev–Trinajstić information content (AvgIpc) is 2.59. The third kappa shape index (κ3) is 5.53. The highest BCUT2D eigenvalue weighted by Crippen LogP contribution is 2.25. The van der Waals surface area contributed by atoms with Crippen molar-refractivity contribution in [1.82, 2.24) is 4.90 Å². The van der Waals surface area contributed by atoms with Gasteiger partial charge in [0.05, 0.1) is 0 Å². The van der Waals surface area contributed by atoms with Crippen LogP contribution < -0.4 is 0 Å². The normalized spacial score (nSPS) is 18.3. The molecule has 0 N–H and O–H groups in total. The van der Waals surface area contributed by atoms with Crippen LogP contribution in [0, 0.1) is 11.7 Å². The first kappa shape index (κ1) is 18.3. The van der Waals surface area contributed by atoms with Gasteiger partial charge in [-0.25, -0.2) is 4.39 Å². The van der Waals surface area contributed by atoms with Gasteiger partial charge in [0.1, 0.15) is 11.2 Å². The summed E-state index contributed by atoms with van der Waals surface area (Å²) in [5, 5.41) is -0.299. The molecule has 124 valence electrons. The van der Waals surface area contributed by atoms with Crippen molar-refractivity contribution in [3.8, 4) is 0 Å². The fraction of sp³-hybridized carbons (Fsp3) is 0.562. The molecule has 7 heteroatoms. The van der Waals surface area contributed by atoms with Crippen molar-refractivity contribution < 1.29 is 18.3 Å². The summed E-state index contributed by atoms with van der Waals surface area (Å²) in [5.74, 6) is -0.227. The molecule has 1 aliphatic heterocycles. The third-order valence-corrected chi connectivity index (χ3v) is 5.84. The van der Waals surface area contributed by atoms with Gasteiger partial charge in [-0.3, -0.25) is 13.9 Å². The molecule has 4 nitrogen and oxygen atoms in total. The second-order valence-corrected chi connectivity index (χ2v) is 7.90. The van der Waals surface area contributed by atoms with Crippen LogP contribution in [-0.4, -0.2) is 35.7 Å². The topological polar surface area (TPSA) is 54.5 Å². The van der Waals surface area contributed by atoms with E-state index in [4.69, 9.17) is 0 Å². The minimum absolute atomic E-state index is 0.00443. The molecule has 1 aromatic carbocycles. The van der Waals surface area contributed by atoms with Crippen molar-refractivity contribution in [2.45, 2.75) is 31.1 Å². The predicted octanol–water partition coefficient (Wildman–Crippen LogP) is 4.41. The molecule has 1 heterocycles. The number of halogens is 1. The van der Waals surface area contributed by atoms with Crippen LogP contribution in [0.4, 0.5) is 4.39 Å².